The Balaban J connectivity index is 1.94. The number of amidine groups is 1. The number of nitrogens with two attached hydrogens (primary N) is 1. The van der Waals surface area contributed by atoms with Crippen LogP contribution in [-0.2, 0) is 9.59 Å². The average molecular weight is 267 g/mol. The highest BCUT2D eigenvalue weighted by Gasteiger charge is 2.29. The lowest BCUT2D eigenvalue weighted by Crippen LogP contribution is -2.22. The van der Waals surface area contributed by atoms with Crippen LogP contribution in [0, 0.1) is 5.82 Å². The van der Waals surface area contributed by atoms with E-state index in [9.17, 15) is 14.0 Å². The van der Waals surface area contributed by atoms with E-state index >= 15 is 0 Å². The summed E-state index contributed by atoms with van der Waals surface area (Å²) in [6, 6.07) is 5.82. The van der Waals surface area contributed by atoms with E-state index < -0.39 is 22.9 Å². The molecule has 0 fully saturated rings. The highest BCUT2D eigenvalue weighted by atomic mass is 32.2. The van der Waals surface area contributed by atoms with Crippen molar-refractivity contribution in [2.75, 3.05) is 5.32 Å². The fourth-order valence-corrected chi connectivity index (χ4v) is 2.29. The van der Waals surface area contributed by atoms with Crippen LogP contribution in [0.25, 0.3) is 0 Å². The largest absolute Gasteiger partial charge is 0.378 e. The van der Waals surface area contributed by atoms with Gasteiger partial charge < -0.3 is 11.1 Å². The van der Waals surface area contributed by atoms with Gasteiger partial charge in [-0.2, -0.15) is 4.99 Å². The van der Waals surface area contributed by atoms with Crippen molar-refractivity contribution < 1.29 is 14.0 Å². The van der Waals surface area contributed by atoms with E-state index in [1.54, 1.807) is 6.07 Å². The van der Waals surface area contributed by atoms with Gasteiger partial charge in [0.15, 0.2) is 5.17 Å². The maximum Gasteiger partial charge on any atom is 0.262 e. The van der Waals surface area contributed by atoms with E-state index in [2.05, 4.69) is 10.3 Å². The minimum absolute atomic E-state index is 0.0813. The Morgan fingerprint density at radius 3 is 2.83 bits per heavy atom. The molecule has 0 bridgehead atoms. The van der Waals surface area contributed by atoms with Gasteiger partial charge in [-0.25, -0.2) is 4.39 Å². The predicted octanol–water partition coefficient (Wildman–Crippen LogP) is 1.11. The second kappa shape index (κ2) is 5.18. The van der Waals surface area contributed by atoms with Gasteiger partial charge in [-0.15, -0.1) is 0 Å². The van der Waals surface area contributed by atoms with Crippen LogP contribution in [0.5, 0.6) is 0 Å². The highest BCUT2D eigenvalue weighted by Crippen LogP contribution is 2.23. The van der Waals surface area contributed by atoms with E-state index in [1.807, 2.05) is 0 Å². The molecule has 94 valence electrons. The average Bonchev–Trinajstić information content (AvgIpc) is 2.61. The summed E-state index contributed by atoms with van der Waals surface area (Å²) in [4.78, 5) is 26.4. The third-order valence-electron chi connectivity index (χ3n) is 2.28. The molecule has 0 saturated heterocycles. The molecule has 0 saturated carbocycles. The lowest BCUT2D eigenvalue weighted by Gasteiger charge is -2.08. The molecule has 1 heterocycles. The molecule has 0 aliphatic carbocycles. The fraction of sp³-hybridized carbons (Fsp3) is 0.182. The maximum atomic E-state index is 13.3. The van der Waals surface area contributed by atoms with Crippen LogP contribution < -0.4 is 11.1 Å². The Labute approximate surface area is 107 Å². The monoisotopic (exact) mass is 267 g/mol. The molecule has 1 aliphatic heterocycles. The number of carbonyl (C=O) groups excluding carboxylic acids is 2. The first-order valence-electron chi connectivity index (χ1n) is 5.15. The summed E-state index contributed by atoms with van der Waals surface area (Å²) in [5, 5.41) is 1.94. The third kappa shape index (κ3) is 2.86. The number of nitrogens with one attached hydrogen (secondary N) is 1. The van der Waals surface area contributed by atoms with E-state index in [4.69, 9.17) is 5.73 Å². The molecule has 0 aromatic heterocycles. The number of benzene rings is 1. The summed E-state index contributed by atoms with van der Waals surface area (Å²) in [5.74, 6) is -1.40. The predicted molar refractivity (Wildman–Crippen MR) is 67.7 cm³/mol. The van der Waals surface area contributed by atoms with Crippen molar-refractivity contribution in [3.63, 3.8) is 0 Å². The number of hydrogen-bond donors (Lipinski definition) is 2. The number of amides is 2. The van der Waals surface area contributed by atoms with Gasteiger partial charge in [0.25, 0.3) is 5.91 Å². The van der Waals surface area contributed by atoms with Crippen LogP contribution in [0.4, 0.5) is 10.1 Å². The van der Waals surface area contributed by atoms with Crippen molar-refractivity contribution in [3.05, 3.63) is 30.1 Å². The first-order valence-corrected chi connectivity index (χ1v) is 6.03. The van der Waals surface area contributed by atoms with Crippen molar-refractivity contribution in [1.82, 2.24) is 0 Å². The van der Waals surface area contributed by atoms with Crippen molar-refractivity contribution >= 4 is 34.4 Å². The molecule has 1 aromatic rings. The van der Waals surface area contributed by atoms with Crippen LogP contribution in [0.2, 0.25) is 0 Å². The zero-order chi connectivity index (χ0) is 13.1. The molecule has 0 radical (unpaired) electrons. The molecule has 3 N–H and O–H groups in total. The van der Waals surface area contributed by atoms with Gasteiger partial charge in [0.2, 0.25) is 5.91 Å². The fourth-order valence-electron chi connectivity index (χ4n) is 1.46. The molecule has 0 unspecified atom stereocenters. The zero-order valence-electron chi connectivity index (χ0n) is 9.22. The van der Waals surface area contributed by atoms with E-state index in [1.165, 1.54) is 18.2 Å². The molecule has 5 nitrogen and oxygen atoms in total. The number of carbonyl (C=O) groups is 2. The van der Waals surface area contributed by atoms with Gasteiger partial charge in [-0.05, 0) is 12.1 Å². The van der Waals surface area contributed by atoms with Gasteiger partial charge in [0.1, 0.15) is 11.1 Å². The first-order chi connectivity index (χ1) is 8.56. The zero-order valence-corrected chi connectivity index (χ0v) is 10.0. The van der Waals surface area contributed by atoms with Gasteiger partial charge in [0.05, 0.1) is 5.69 Å². The van der Waals surface area contributed by atoms with Gasteiger partial charge in [0, 0.05) is 6.42 Å². The summed E-state index contributed by atoms with van der Waals surface area (Å²) in [6.07, 6.45) is -0.0813. The molecule has 1 atom stereocenters. The SMILES string of the molecule is NC1=NC(=O)[C@H](CC(=O)Nc2ccccc2F)S1. The van der Waals surface area contributed by atoms with Crippen molar-refractivity contribution in [2.45, 2.75) is 11.7 Å². The minimum Gasteiger partial charge on any atom is -0.378 e. The molecular weight excluding hydrogens is 257 g/mol. The van der Waals surface area contributed by atoms with E-state index in [-0.39, 0.29) is 17.3 Å². The topological polar surface area (TPSA) is 84.5 Å². The Morgan fingerprint density at radius 1 is 1.50 bits per heavy atom. The van der Waals surface area contributed by atoms with Crippen molar-refractivity contribution in [3.8, 4) is 0 Å². The number of para-hydroxylation sites is 1. The van der Waals surface area contributed by atoms with Crippen LogP contribution >= 0.6 is 11.8 Å². The van der Waals surface area contributed by atoms with Crippen LogP contribution in [-0.4, -0.2) is 22.2 Å². The van der Waals surface area contributed by atoms with Gasteiger partial charge in [-0.3, -0.25) is 9.59 Å². The number of halogens is 1. The molecule has 2 rings (SSSR count). The summed E-state index contributed by atoms with van der Waals surface area (Å²) in [5.41, 5.74) is 5.46. The Kier molecular flexibility index (Phi) is 3.61. The van der Waals surface area contributed by atoms with Gasteiger partial charge in [-0.1, -0.05) is 23.9 Å². The summed E-state index contributed by atoms with van der Waals surface area (Å²) in [6.45, 7) is 0. The summed E-state index contributed by atoms with van der Waals surface area (Å²) in [7, 11) is 0. The Hall–Kier alpha value is -1.89. The standard InChI is InChI=1S/C11H10FN3O2S/c12-6-3-1-2-4-7(6)14-9(16)5-8-10(17)15-11(13)18-8/h1-4,8H,5H2,(H,14,16)(H2,13,15,17)/t8-/m0/s1. The molecule has 18 heavy (non-hydrogen) atoms. The van der Waals surface area contributed by atoms with Crippen molar-refractivity contribution in [2.24, 2.45) is 10.7 Å². The number of rotatable bonds is 3. The first kappa shape index (κ1) is 12.6. The highest BCUT2D eigenvalue weighted by molar-refractivity contribution is 8.15. The quantitative estimate of drug-likeness (QED) is 0.859. The molecule has 2 amide bonds. The lowest BCUT2D eigenvalue weighted by molar-refractivity contribution is -0.121. The second-order valence-corrected chi connectivity index (χ2v) is 4.85. The Bertz CT molecular complexity index is 533. The summed E-state index contributed by atoms with van der Waals surface area (Å²) >= 11 is 1.04. The van der Waals surface area contributed by atoms with E-state index in [0.717, 1.165) is 11.8 Å². The number of aliphatic imine (C=N–C) groups is 1. The Morgan fingerprint density at radius 2 is 2.22 bits per heavy atom. The van der Waals surface area contributed by atoms with E-state index in [0.29, 0.717) is 0 Å². The van der Waals surface area contributed by atoms with Crippen LogP contribution in [0.1, 0.15) is 6.42 Å². The number of nitrogens with zero attached hydrogens (tertiary/aromatic N) is 1. The molecule has 7 heteroatoms. The normalized spacial score (nSPS) is 18.6. The molecule has 1 aromatic carbocycles. The smallest absolute Gasteiger partial charge is 0.262 e. The van der Waals surface area contributed by atoms with Crippen LogP contribution in [0.3, 0.4) is 0 Å². The number of anilines is 1. The molecule has 0 spiro atoms. The van der Waals surface area contributed by atoms with Crippen LogP contribution in [0.15, 0.2) is 29.3 Å². The van der Waals surface area contributed by atoms with Gasteiger partial charge >= 0.3 is 0 Å². The summed E-state index contributed by atoms with van der Waals surface area (Å²) < 4.78 is 13.3. The number of hydrogen-bond acceptors (Lipinski definition) is 4. The molecular formula is C11H10FN3O2S. The minimum atomic E-state index is -0.614. The molecule has 1 aliphatic rings. The third-order valence-corrected chi connectivity index (χ3v) is 3.26. The second-order valence-electron chi connectivity index (χ2n) is 3.63. The van der Waals surface area contributed by atoms with Crippen molar-refractivity contribution in [1.29, 1.82) is 0 Å². The lowest BCUT2D eigenvalue weighted by atomic mass is 10.2. The maximum absolute atomic E-state index is 13.3. The number of thioether (sulfide) groups is 1.